The summed E-state index contributed by atoms with van der Waals surface area (Å²) >= 11 is 6.35. The molecule has 2 aromatic rings. The second-order valence-electron chi connectivity index (χ2n) is 7.81. The van der Waals surface area contributed by atoms with Crippen LogP contribution in [0.3, 0.4) is 0 Å². The Morgan fingerprint density at radius 2 is 2.06 bits per heavy atom. The van der Waals surface area contributed by atoms with Crippen molar-refractivity contribution in [2.24, 2.45) is 0 Å². The van der Waals surface area contributed by atoms with E-state index in [1.807, 2.05) is 25.1 Å². The number of nitrogens with one attached hydrogen (secondary N) is 1. The van der Waals surface area contributed by atoms with E-state index in [9.17, 15) is 9.18 Å². The summed E-state index contributed by atoms with van der Waals surface area (Å²) in [7, 11) is 0. The number of carbonyl (C=O) groups excluding carboxylic acids is 1. The Morgan fingerprint density at radius 1 is 1.25 bits per heavy atom. The van der Waals surface area contributed by atoms with Crippen LogP contribution < -0.4 is 14.8 Å². The number of halogens is 2. The van der Waals surface area contributed by atoms with Gasteiger partial charge in [-0.2, -0.15) is 0 Å². The topological polar surface area (TPSA) is 60.0 Å². The molecule has 6 nitrogen and oxygen atoms in total. The zero-order chi connectivity index (χ0) is 22.5. The van der Waals surface area contributed by atoms with Gasteiger partial charge in [0.1, 0.15) is 19.0 Å². The molecule has 0 aliphatic carbocycles. The van der Waals surface area contributed by atoms with Gasteiger partial charge in [-0.15, -0.1) is 0 Å². The lowest BCUT2D eigenvalue weighted by atomic mass is 10.0. The van der Waals surface area contributed by atoms with E-state index < -0.39 is 6.04 Å². The summed E-state index contributed by atoms with van der Waals surface area (Å²) in [5.74, 6) is 0.693. The average Bonchev–Trinajstić information content (AvgIpc) is 2.79. The maximum atomic E-state index is 14.7. The van der Waals surface area contributed by atoms with E-state index >= 15 is 0 Å². The number of rotatable bonds is 6. The number of fused-ring (bicyclic) bond motifs is 1. The van der Waals surface area contributed by atoms with Crippen LogP contribution in [0, 0.1) is 5.82 Å². The molecule has 2 aliphatic rings. The summed E-state index contributed by atoms with van der Waals surface area (Å²) < 4.78 is 31.4. The fraction of sp³-hybridized carbons (Fsp3) is 0.375. The first kappa shape index (κ1) is 22.6. The highest BCUT2D eigenvalue weighted by atomic mass is 35.5. The van der Waals surface area contributed by atoms with Crippen molar-refractivity contribution in [3.8, 4) is 11.5 Å². The lowest BCUT2D eigenvalue weighted by molar-refractivity contribution is -0.116. The third-order valence-electron chi connectivity index (χ3n) is 5.51. The first-order valence-corrected chi connectivity index (χ1v) is 11.0. The third-order valence-corrected chi connectivity index (χ3v) is 5.84. The second kappa shape index (κ2) is 10.3. The molecule has 1 saturated heterocycles. The van der Waals surface area contributed by atoms with Crippen LogP contribution in [0.25, 0.3) is 6.08 Å². The minimum atomic E-state index is -0.401. The molecule has 2 aliphatic heterocycles. The summed E-state index contributed by atoms with van der Waals surface area (Å²) in [6.45, 7) is 5.02. The first-order chi connectivity index (χ1) is 15.5. The smallest absolute Gasteiger partial charge is 0.244 e. The molecule has 0 radical (unpaired) electrons. The Morgan fingerprint density at radius 3 is 2.84 bits per heavy atom. The van der Waals surface area contributed by atoms with Crippen molar-refractivity contribution in [2.75, 3.05) is 39.5 Å². The zero-order valence-electron chi connectivity index (χ0n) is 17.9. The van der Waals surface area contributed by atoms with Crippen LogP contribution in [-0.2, 0) is 9.53 Å². The average molecular weight is 461 g/mol. The Hall–Kier alpha value is -2.61. The van der Waals surface area contributed by atoms with Gasteiger partial charge in [0.15, 0.2) is 11.5 Å². The van der Waals surface area contributed by atoms with Gasteiger partial charge in [0.05, 0.1) is 18.8 Å². The van der Waals surface area contributed by atoms with Crippen LogP contribution in [0.5, 0.6) is 11.5 Å². The molecule has 2 atom stereocenters. The largest absolute Gasteiger partial charge is 0.486 e. The summed E-state index contributed by atoms with van der Waals surface area (Å²) in [6, 6.07) is 9.74. The van der Waals surface area contributed by atoms with Gasteiger partial charge in [-0.05, 0) is 42.8 Å². The van der Waals surface area contributed by atoms with Crippen LogP contribution >= 0.6 is 11.6 Å². The van der Waals surface area contributed by atoms with Gasteiger partial charge in [0.25, 0.3) is 0 Å². The van der Waals surface area contributed by atoms with Gasteiger partial charge in [0, 0.05) is 36.3 Å². The number of hydrogen-bond donors (Lipinski definition) is 1. The highest BCUT2D eigenvalue weighted by Gasteiger charge is 2.29. The predicted octanol–water partition coefficient (Wildman–Crippen LogP) is 3.84. The fourth-order valence-corrected chi connectivity index (χ4v) is 4.25. The standard InChI is InChI=1S/C24H26ClFN2O4/c1-16-15-28(9-10-30-16)20(24-18(25)3-2-4-19(24)26)14-27-23(29)8-6-17-5-7-21-22(13-17)32-12-11-31-21/h2-8,13,16,20H,9-12,14-15H2,1H3,(H,27,29). The molecule has 0 saturated carbocycles. The predicted molar refractivity (Wildman–Crippen MR) is 121 cm³/mol. The van der Waals surface area contributed by atoms with Crippen molar-refractivity contribution in [3.05, 3.63) is 64.4 Å². The van der Waals surface area contributed by atoms with E-state index in [4.69, 9.17) is 25.8 Å². The van der Waals surface area contributed by atoms with Crippen LogP contribution in [-0.4, -0.2) is 56.4 Å². The number of amides is 1. The van der Waals surface area contributed by atoms with Crippen LogP contribution in [0.15, 0.2) is 42.5 Å². The Bertz CT molecular complexity index is 980. The van der Waals surface area contributed by atoms with Gasteiger partial charge in [-0.25, -0.2) is 4.39 Å². The van der Waals surface area contributed by atoms with E-state index in [2.05, 4.69) is 10.2 Å². The molecule has 0 spiro atoms. The number of carbonyl (C=O) groups is 1. The lowest BCUT2D eigenvalue weighted by Gasteiger charge is -2.38. The Kier molecular flexibility index (Phi) is 7.29. The quantitative estimate of drug-likeness (QED) is 0.664. The zero-order valence-corrected chi connectivity index (χ0v) is 18.6. The molecule has 2 unspecified atom stereocenters. The van der Waals surface area contributed by atoms with Gasteiger partial charge in [-0.3, -0.25) is 9.69 Å². The van der Waals surface area contributed by atoms with E-state index in [-0.39, 0.29) is 24.4 Å². The van der Waals surface area contributed by atoms with Crippen LogP contribution in [0.2, 0.25) is 5.02 Å². The van der Waals surface area contributed by atoms with Gasteiger partial charge in [-0.1, -0.05) is 23.7 Å². The summed E-state index contributed by atoms with van der Waals surface area (Å²) in [4.78, 5) is 14.6. The van der Waals surface area contributed by atoms with Crippen LogP contribution in [0.1, 0.15) is 24.1 Å². The molecule has 1 amide bonds. The fourth-order valence-electron chi connectivity index (χ4n) is 3.96. The summed E-state index contributed by atoms with van der Waals surface area (Å²) in [6.07, 6.45) is 3.17. The molecule has 1 fully saturated rings. The monoisotopic (exact) mass is 460 g/mol. The second-order valence-corrected chi connectivity index (χ2v) is 8.22. The SMILES string of the molecule is CC1CN(C(CNC(=O)C=Cc2ccc3c(c2)OCCO3)c2c(F)cccc2Cl)CCO1. The van der Waals surface area contributed by atoms with Crippen molar-refractivity contribution >= 4 is 23.6 Å². The van der Waals surface area contributed by atoms with Gasteiger partial charge >= 0.3 is 0 Å². The van der Waals surface area contributed by atoms with Gasteiger partial charge in [0.2, 0.25) is 5.91 Å². The number of hydrogen-bond acceptors (Lipinski definition) is 5. The molecule has 0 bridgehead atoms. The van der Waals surface area contributed by atoms with E-state index in [1.165, 1.54) is 12.1 Å². The number of morpholine rings is 1. The molecule has 4 rings (SSSR count). The Balaban J connectivity index is 1.45. The molecule has 32 heavy (non-hydrogen) atoms. The summed E-state index contributed by atoms with van der Waals surface area (Å²) in [5.41, 5.74) is 1.21. The molecule has 170 valence electrons. The molecule has 1 N–H and O–H groups in total. The first-order valence-electron chi connectivity index (χ1n) is 10.7. The van der Waals surface area contributed by atoms with Crippen molar-refractivity contribution in [2.45, 2.75) is 19.1 Å². The maximum absolute atomic E-state index is 14.7. The van der Waals surface area contributed by atoms with Crippen molar-refractivity contribution < 1.29 is 23.4 Å². The number of ether oxygens (including phenoxy) is 3. The lowest BCUT2D eigenvalue weighted by Crippen LogP contribution is -2.46. The van der Waals surface area contributed by atoms with E-state index in [0.29, 0.717) is 55.0 Å². The van der Waals surface area contributed by atoms with Crippen molar-refractivity contribution in [1.29, 1.82) is 0 Å². The highest BCUT2D eigenvalue weighted by Crippen LogP contribution is 2.32. The highest BCUT2D eigenvalue weighted by molar-refractivity contribution is 6.31. The third kappa shape index (κ3) is 5.41. The number of nitrogens with zero attached hydrogens (tertiary/aromatic N) is 1. The minimum absolute atomic E-state index is 0.0163. The molecule has 2 aromatic carbocycles. The van der Waals surface area contributed by atoms with E-state index in [0.717, 1.165) is 5.56 Å². The van der Waals surface area contributed by atoms with Crippen LogP contribution in [0.4, 0.5) is 4.39 Å². The minimum Gasteiger partial charge on any atom is -0.486 e. The molecular weight excluding hydrogens is 435 g/mol. The number of benzene rings is 2. The van der Waals surface area contributed by atoms with Gasteiger partial charge < -0.3 is 19.5 Å². The van der Waals surface area contributed by atoms with Crippen molar-refractivity contribution in [1.82, 2.24) is 10.2 Å². The normalized spacial score (nSPS) is 19.7. The molecule has 8 heteroatoms. The molecule has 0 aromatic heterocycles. The molecular formula is C24H26ClFN2O4. The summed E-state index contributed by atoms with van der Waals surface area (Å²) in [5, 5.41) is 3.23. The molecule has 2 heterocycles. The van der Waals surface area contributed by atoms with Crippen molar-refractivity contribution in [3.63, 3.8) is 0 Å². The van der Waals surface area contributed by atoms with E-state index in [1.54, 1.807) is 18.2 Å². The maximum Gasteiger partial charge on any atom is 0.244 e. The Labute approximate surface area is 191 Å².